The number of aliphatic imine (C=N–C) groups is 1. The van der Waals surface area contributed by atoms with E-state index >= 15 is 0 Å². The van der Waals surface area contributed by atoms with Crippen molar-refractivity contribution < 1.29 is 4.79 Å². The standard InChI is InChI=1S/C19H18N2O/c1-12-5-4-6-15(9-12)11-17-19(22)21-18(20-17)16-8-7-13(2)14(3)10-16/h4-11H,1-3H3,(H,20,21,22)/b17-11+. The van der Waals surface area contributed by atoms with Crippen LogP contribution in [0.3, 0.4) is 0 Å². The first-order chi connectivity index (χ1) is 10.5. The molecule has 2 aromatic rings. The normalized spacial score (nSPS) is 15.9. The van der Waals surface area contributed by atoms with Crippen LogP contribution in [-0.4, -0.2) is 11.7 Å². The zero-order chi connectivity index (χ0) is 15.7. The van der Waals surface area contributed by atoms with E-state index in [9.17, 15) is 4.79 Å². The van der Waals surface area contributed by atoms with Gasteiger partial charge in [-0.3, -0.25) is 4.79 Å². The number of nitrogens with zero attached hydrogens (tertiary/aromatic N) is 1. The maximum Gasteiger partial charge on any atom is 0.275 e. The summed E-state index contributed by atoms with van der Waals surface area (Å²) in [6.07, 6.45) is 1.82. The molecule has 0 fully saturated rings. The van der Waals surface area contributed by atoms with Crippen LogP contribution in [0.5, 0.6) is 0 Å². The minimum absolute atomic E-state index is 0.158. The average Bonchev–Trinajstić information content (AvgIpc) is 2.83. The fourth-order valence-electron chi connectivity index (χ4n) is 2.41. The van der Waals surface area contributed by atoms with Crippen molar-refractivity contribution in [3.05, 3.63) is 76.0 Å². The van der Waals surface area contributed by atoms with Gasteiger partial charge in [-0.15, -0.1) is 0 Å². The SMILES string of the molecule is Cc1cccc(/C=C2/N=C(c3ccc(C)c(C)c3)NC2=O)c1. The molecule has 0 aliphatic carbocycles. The second-order valence-electron chi connectivity index (χ2n) is 5.66. The van der Waals surface area contributed by atoms with Crippen molar-refractivity contribution in [1.29, 1.82) is 0 Å². The molecule has 1 aliphatic heterocycles. The monoisotopic (exact) mass is 290 g/mol. The number of amidine groups is 1. The predicted molar refractivity (Wildman–Crippen MR) is 89.8 cm³/mol. The molecule has 0 radical (unpaired) electrons. The summed E-state index contributed by atoms with van der Waals surface area (Å²) in [7, 11) is 0. The molecular formula is C19H18N2O. The van der Waals surface area contributed by atoms with E-state index < -0.39 is 0 Å². The van der Waals surface area contributed by atoms with E-state index in [1.165, 1.54) is 11.1 Å². The molecule has 3 nitrogen and oxygen atoms in total. The summed E-state index contributed by atoms with van der Waals surface area (Å²) >= 11 is 0. The molecule has 3 heteroatoms. The molecule has 0 aromatic heterocycles. The first-order valence-corrected chi connectivity index (χ1v) is 7.29. The number of benzene rings is 2. The van der Waals surface area contributed by atoms with Gasteiger partial charge in [0.05, 0.1) is 0 Å². The van der Waals surface area contributed by atoms with E-state index in [1.54, 1.807) is 0 Å². The summed E-state index contributed by atoms with van der Waals surface area (Å²) in [6.45, 7) is 6.15. The Labute approximate surface area is 130 Å². The molecule has 0 saturated carbocycles. The van der Waals surface area contributed by atoms with Gasteiger partial charge in [0.2, 0.25) is 0 Å². The van der Waals surface area contributed by atoms with Gasteiger partial charge in [-0.1, -0.05) is 42.0 Å². The fourth-order valence-corrected chi connectivity index (χ4v) is 2.41. The van der Waals surface area contributed by atoms with E-state index in [2.05, 4.69) is 24.2 Å². The summed E-state index contributed by atoms with van der Waals surface area (Å²) in [5, 5.41) is 2.84. The molecule has 1 N–H and O–H groups in total. The molecule has 0 atom stereocenters. The third-order valence-corrected chi connectivity index (χ3v) is 3.82. The van der Waals surface area contributed by atoms with Gasteiger partial charge in [-0.05, 0) is 49.6 Å². The first kappa shape index (κ1) is 14.3. The molecule has 0 bridgehead atoms. The van der Waals surface area contributed by atoms with E-state index in [-0.39, 0.29) is 5.91 Å². The van der Waals surface area contributed by atoms with Crippen molar-refractivity contribution >= 4 is 17.8 Å². The van der Waals surface area contributed by atoms with Crippen molar-refractivity contribution in [2.24, 2.45) is 4.99 Å². The summed E-state index contributed by atoms with van der Waals surface area (Å²) in [4.78, 5) is 16.6. The first-order valence-electron chi connectivity index (χ1n) is 7.29. The molecular weight excluding hydrogens is 272 g/mol. The molecule has 0 unspecified atom stereocenters. The lowest BCUT2D eigenvalue weighted by Gasteiger charge is -2.04. The Bertz CT molecular complexity index is 816. The van der Waals surface area contributed by atoms with E-state index in [0.29, 0.717) is 11.5 Å². The van der Waals surface area contributed by atoms with Crippen LogP contribution < -0.4 is 5.32 Å². The van der Waals surface area contributed by atoms with E-state index in [0.717, 1.165) is 16.7 Å². The number of carbonyl (C=O) groups excluding carboxylic acids is 1. The van der Waals surface area contributed by atoms with Crippen molar-refractivity contribution in [3.8, 4) is 0 Å². The Balaban J connectivity index is 1.96. The topological polar surface area (TPSA) is 41.5 Å². The molecule has 2 aromatic carbocycles. The van der Waals surface area contributed by atoms with Gasteiger partial charge in [-0.25, -0.2) is 4.99 Å². The third-order valence-electron chi connectivity index (χ3n) is 3.82. The molecule has 1 amide bonds. The van der Waals surface area contributed by atoms with Gasteiger partial charge in [0.15, 0.2) is 0 Å². The van der Waals surface area contributed by atoms with Crippen LogP contribution in [-0.2, 0) is 4.79 Å². The zero-order valence-electron chi connectivity index (χ0n) is 13.0. The maximum atomic E-state index is 12.1. The van der Waals surface area contributed by atoms with Gasteiger partial charge in [0.25, 0.3) is 5.91 Å². The van der Waals surface area contributed by atoms with Crippen LogP contribution in [0.15, 0.2) is 53.2 Å². The van der Waals surface area contributed by atoms with E-state index in [1.807, 2.05) is 55.5 Å². The number of hydrogen-bond donors (Lipinski definition) is 1. The van der Waals surface area contributed by atoms with Gasteiger partial charge in [-0.2, -0.15) is 0 Å². The average molecular weight is 290 g/mol. The number of amides is 1. The highest BCUT2D eigenvalue weighted by Crippen LogP contribution is 2.17. The third kappa shape index (κ3) is 2.84. The second-order valence-corrected chi connectivity index (χ2v) is 5.66. The Kier molecular flexibility index (Phi) is 3.63. The van der Waals surface area contributed by atoms with Gasteiger partial charge < -0.3 is 5.32 Å². The smallest absolute Gasteiger partial charge is 0.275 e. The number of aryl methyl sites for hydroxylation is 3. The Morgan fingerprint density at radius 1 is 1.00 bits per heavy atom. The van der Waals surface area contributed by atoms with Crippen molar-refractivity contribution in [2.75, 3.05) is 0 Å². The van der Waals surface area contributed by atoms with E-state index in [4.69, 9.17) is 0 Å². The quantitative estimate of drug-likeness (QED) is 0.845. The molecule has 22 heavy (non-hydrogen) atoms. The number of hydrogen-bond acceptors (Lipinski definition) is 2. The van der Waals surface area contributed by atoms with Crippen LogP contribution in [0.2, 0.25) is 0 Å². The number of rotatable bonds is 2. The van der Waals surface area contributed by atoms with Crippen LogP contribution in [0, 0.1) is 20.8 Å². The zero-order valence-corrected chi connectivity index (χ0v) is 13.0. The minimum Gasteiger partial charge on any atom is -0.305 e. The minimum atomic E-state index is -0.158. The Morgan fingerprint density at radius 3 is 2.55 bits per heavy atom. The van der Waals surface area contributed by atoms with Crippen molar-refractivity contribution in [1.82, 2.24) is 5.32 Å². The lowest BCUT2D eigenvalue weighted by molar-refractivity contribution is -0.115. The van der Waals surface area contributed by atoms with Gasteiger partial charge in [0.1, 0.15) is 11.5 Å². The Hall–Kier alpha value is -2.68. The molecule has 110 valence electrons. The summed E-state index contributed by atoms with van der Waals surface area (Å²) < 4.78 is 0. The summed E-state index contributed by atoms with van der Waals surface area (Å²) in [5.74, 6) is 0.460. The van der Waals surface area contributed by atoms with Gasteiger partial charge >= 0.3 is 0 Å². The highest BCUT2D eigenvalue weighted by Gasteiger charge is 2.21. The largest absolute Gasteiger partial charge is 0.305 e. The Morgan fingerprint density at radius 2 is 1.82 bits per heavy atom. The molecule has 1 heterocycles. The molecule has 0 saturated heterocycles. The number of carbonyl (C=O) groups is 1. The van der Waals surface area contributed by atoms with Crippen LogP contribution >= 0.6 is 0 Å². The fraction of sp³-hybridized carbons (Fsp3) is 0.158. The second kappa shape index (κ2) is 5.60. The van der Waals surface area contributed by atoms with Gasteiger partial charge in [0, 0.05) is 5.56 Å². The summed E-state index contributed by atoms with van der Waals surface area (Å²) in [6, 6.07) is 14.1. The molecule has 0 spiro atoms. The van der Waals surface area contributed by atoms with Crippen LogP contribution in [0.1, 0.15) is 27.8 Å². The van der Waals surface area contributed by atoms with Crippen molar-refractivity contribution in [2.45, 2.75) is 20.8 Å². The highest BCUT2D eigenvalue weighted by atomic mass is 16.2. The lowest BCUT2D eigenvalue weighted by atomic mass is 10.1. The van der Waals surface area contributed by atoms with Crippen LogP contribution in [0.4, 0.5) is 0 Å². The summed E-state index contributed by atoms with van der Waals surface area (Å²) in [5.41, 5.74) is 5.93. The predicted octanol–water partition coefficient (Wildman–Crippen LogP) is 3.53. The maximum absolute atomic E-state index is 12.1. The lowest BCUT2D eigenvalue weighted by Crippen LogP contribution is -2.24. The highest BCUT2D eigenvalue weighted by molar-refractivity contribution is 6.19. The molecule has 3 rings (SSSR count). The number of nitrogens with one attached hydrogen (secondary N) is 1. The van der Waals surface area contributed by atoms with Crippen molar-refractivity contribution in [3.63, 3.8) is 0 Å². The van der Waals surface area contributed by atoms with Crippen LogP contribution in [0.25, 0.3) is 6.08 Å². The molecule has 1 aliphatic rings.